The first kappa shape index (κ1) is 15.8. The molecule has 1 aliphatic rings. The smallest absolute Gasteiger partial charge is 0.407 e. The second-order valence-electron chi connectivity index (χ2n) is 5.77. The molecule has 0 aromatic heterocycles. The van der Waals surface area contributed by atoms with Gasteiger partial charge in [-0.05, 0) is 24.2 Å². The Labute approximate surface area is 114 Å². The van der Waals surface area contributed by atoms with E-state index in [1.807, 2.05) is 0 Å². The zero-order chi connectivity index (χ0) is 14.6. The molecule has 1 heterocycles. The van der Waals surface area contributed by atoms with Crippen LogP contribution in [-0.2, 0) is 9.63 Å². The Morgan fingerprint density at radius 2 is 1.89 bits per heavy atom. The summed E-state index contributed by atoms with van der Waals surface area (Å²) in [6.45, 7) is 7.34. The molecule has 6 heteroatoms. The first-order chi connectivity index (χ1) is 8.77. The van der Waals surface area contributed by atoms with Crippen LogP contribution in [0.25, 0.3) is 0 Å². The number of carboxylic acid groups (broad SMARTS) is 1. The summed E-state index contributed by atoms with van der Waals surface area (Å²) in [7, 11) is 1.49. The van der Waals surface area contributed by atoms with Crippen molar-refractivity contribution >= 4 is 12.0 Å². The molecule has 0 spiro atoms. The van der Waals surface area contributed by atoms with Crippen LogP contribution >= 0.6 is 0 Å². The highest BCUT2D eigenvalue weighted by Gasteiger charge is 2.35. The first-order valence-electron chi connectivity index (χ1n) is 6.58. The minimum atomic E-state index is -0.849. The molecule has 1 aliphatic heterocycles. The lowest BCUT2D eigenvalue weighted by Crippen LogP contribution is -2.46. The van der Waals surface area contributed by atoms with Crippen molar-refractivity contribution in [1.29, 1.82) is 0 Å². The summed E-state index contributed by atoms with van der Waals surface area (Å²) < 4.78 is 0. The average molecular weight is 272 g/mol. The Morgan fingerprint density at radius 3 is 2.26 bits per heavy atom. The fourth-order valence-electron chi connectivity index (χ4n) is 2.66. The summed E-state index contributed by atoms with van der Waals surface area (Å²) >= 11 is 0. The number of carbonyl (C=O) groups is 2. The van der Waals surface area contributed by atoms with E-state index in [4.69, 9.17) is 9.94 Å². The normalized spacial score (nSPS) is 17.4. The number of carbonyl (C=O) groups excluding carboxylic acids is 1. The van der Waals surface area contributed by atoms with Gasteiger partial charge in [-0.25, -0.2) is 9.86 Å². The van der Waals surface area contributed by atoms with Gasteiger partial charge < -0.3 is 10.0 Å². The predicted molar refractivity (Wildman–Crippen MR) is 70.5 cm³/mol. The summed E-state index contributed by atoms with van der Waals surface area (Å²) in [4.78, 5) is 28.8. The number of nitrogens with zero attached hydrogens (tertiary/aromatic N) is 2. The number of hydroxylamine groups is 2. The number of amides is 2. The van der Waals surface area contributed by atoms with Crippen molar-refractivity contribution in [3.8, 4) is 0 Å². The molecule has 2 amide bonds. The molecule has 0 aromatic rings. The maximum absolute atomic E-state index is 11.4. The molecule has 6 nitrogen and oxygen atoms in total. The standard InChI is InChI=1S/C13H24N2O4/c1-10(16)15(19-4)9-13(2,3)11-5-7-14(8-6-11)12(17)18/h11H,5-9H2,1-4H3,(H,17,18). The maximum atomic E-state index is 11.4. The number of rotatable bonds is 4. The second-order valence-corrected chi connectivity index (χ2v) is 5.77. The van der Waals surface area contributed by atoms with E-state index in [2.05, 4.69) is 13.8 Å². The number of hydrogen-bond donors (Lipinski definition) is 1. The van der Waals surface area contributed by atoms with Crippen molar-refractivity contribution in [3.05, 3.63) is 0 Å². The van der Waals surface area contributed by atoms with E-state index in [0.717, 1.165) is 12.8 Å². The SMILES string of the molecule is CON(CC(C)(C)C1CCN(C(=O)O)CC1)C(C)=O. The number of likely N-dealkylation sites (tertiary alicyclic amines) is 1. The Kier molecular flexibility index (Phi) is 5.17. The third-order valence-electron chi connectivity index (χ3n) is 3.99. The number of piperidine rings is 1. The molecule has 19 heavy (non-hydrogen) atoms. The van der Waals surface area contributed by atoms with Gasteiger partial charge in [0.25, 0.3) is 0 Å². The monoisotopic (exact) mass is 272 g/mol. The van der Waals surface area contributed by atoms with E-state index in [1.165, 1.54) is 24.0 Å². The Morgan fingerprint density at radius 1 is 1.37 bits per heavy atom. The van der Waals surface area contributed by atoms with E-state index < -0.39 is 6.09 Å². The predicted octanol–water partition coefficient (Wildman–Crippen LogP) is 1.81. The Bertz CT molecular complexity index is 336. The third kappa shape index (κ3) is 4.09. The van der Waals surface area contributed by atoms with Crippen LogP contribution in [0.2, 0.25) is 0 Å². The van der Waals surface area contributed by atoms with Crippen LogP contribution in [0.15, 0.2) is 0 Å². The van der Waals surface area contributed by atoms with Gasteiger partial charge in [0.2, 0.25) is 5.91 Å². The maximum Gasteiger partial charge on any atom is 0.407 e. The lowest BCUT2D eigenvalue weighted by atomic mass is 9.73. The van der Waals surface area contributed by atoms with Crippen molar-refractivity contribution in [3.63, 3.8) is 0 Å². The molecule has 110 valence electrons. The van der Waals surface area contributed by atoms with Crippen LogP contribution < -0.4 is 0 Å². The molecule has 0 bridgehead atoms. The molecule has 0 atom stereocenters. The average Bonchev–Trinajstić information content (AvgIpc) is 2.35. The zero-order valence-electron chi connectivity index (χ0n) is 12.2. The molecule has 1 N–H and O–H groups in total. The van der Waals surface area contributed by atoms with Gasteiger partial charge in [-0.1, -0.05) is 13.8 Å². The van der Waals surface area contributed by atoms with Gasteiger partial charge in [-0.3, -0.25) is 9.63 Å². The highest BCUT2D eigenvalue weighted by molar-refractivity contribution is 5.72. The molecule has 0 unspecified atom stereocenters. The first-order valence-corrected chi connectivity index (χ1v) is 6.58. The summed E-state index contributed by atoms with van der Waals surface area (Å²) in [6.07, 6.45) is 0.808. The lowest BCUT2D eigenvalue weighted by Gasteiger charge is -2.41. The third-order valence-corrected chi connectivity index (χ3v) is 3.99. The molecule has 1 rings (SSSR count). The van der Waals surface area contributed by atoms with E-state index in [0.29, 0.717) is 25.6 Å². The summed E-state index contributed by atoms with van der Waals surface area (Å²) in [5.74, 6) is 0.277. The Balaban J connectivity index is 2.59. The van der Waals surface area contributed by atoms with Crippen molar-refractivity contribution in [1.82, 2.24) is 9.96 Å². The minimum absolute atomic E-state index is 0.0910. The summed E-state index contributed by atoms with van der Waals surface area (Å²) in [5.41, 5.74) is -0.0910. The van der Waals surface area contributed by atoms with Gasteiger partial charge in [-0.2, -0.15) is 0 Å². The molecular weight excluding hydrogens is 248 g/mol. The quantitative estimate of drug-likeness (QED) is 0.792. The van der Waals surface area contributed by atoms with E-state index >= 15 is 0 Å². The van der Waals surface area contributed by atoms with Gasteiger partial charge in [0.15, 0.2) is 0 Å². The Hall–Kier alpha value is -1.30. The summed E-state index contributed by atoms with van der Waals surface area (Å²) in [5, 5.41) is 10.3. The van der Waals surface area contributed by atoms with Crippen LogP contribution in [-0.4, -0.2) is 53.8 Å². The highest BCUT2D eigenvalue weighted by Crippen LogP contribution is 2.35. The van der Waals surface area contributed by atoms with Crippen molar-refractivity contribution < 1.29 is 19.5 Å². The topological polar surface area (TPSA) is 70.1 Å². The zero-order valence-corrected chi connectivity index (χ0v) is 12.2. The molecule has 0 aliphatic carbocycles. The van der Waals surface area contributed by atoms with Crippen LogP contribution in [0.5, 0.6) is 0 Å². The fraction of sp³-hybridized carbons (Fsp3) is 0.846. The molecule has 0 saturated carbocycles. The van der Waals surface area contributed by atoms with Crippen LogP contribution in [0.1, 0.15) is 33.6 Å². The van der Waals surface area contributed by atoms with Crippen molar-refractivity contribution in [2.45, 2.75) is 33.6 Å². The largest absolute Gasteiger partial charge is 0.465 e. The fourth-order valence-corrected chi connectivity index (χ4v) is 2.66. The van der Waals surface area contributed by atoms with Crippen LogP contribution in [0.3, 0.4) is 0 Å². The van der Waals surface area contributed by atoms with Crippen LogP contribution in [0, 0.1) is 11.3 Å². The highest BCUT2D eigenvalue weighted by atomic mass is 16.7. The molecule has 0 radical (unpaired) electrons. The molecular formula is C13H24N2O4. The minimum Gasteiger partial charge on any atom is -0.465 e. The number of hydrogen-bond acceptors (Lipinski definition) is 3. The van der Waals surface area contributed by atoms with Gasteiger partial charge in [0, 0.05) is 20.0 Å². The lowest BCUT2D eigenvalue weighted by molar-refractivity contribution is -0.183. The van der Waals surface area contributed by atoms with Gasteiger partial charge in [0.05, 0.1) is 13.7 Å². The molecule has 1 saturated heterocycles. The van der Waals surface area contributed by atoms with Gasteiger partial charge >= 0.3 is 6.09 Å². The van der Waals surface area contributed by atoms with Gasteiger partial charge in [0.1, 0.15) is 0 Å². The van der Waals surface area contributed by atoms with E-state index in [9.17, 15) is 9.59 Å². The van der Waals surface area contributed by atoms with Crippen LogP contribution in [0.4, 0.5) is 4.79 Å². The van der Waals surface area contributed by atoms with E-state index in [-0.39, 0.29) is 11.3 Å². The van der Waals surface area contributed by atoms with Crippen molar-refractivity contribution in [2.75, 3.05) is 26.7 Å². The van der Waals surface area contributed by atoms with Gasteiger partial charge in [-0.15, -0.1) is 0 Å². The van der Waals surface area contributed by atoms with E-state index in [1.54, 1.807) is 0 Å². The summed E-state index contributed by atoms with van der Waals surface area (Å²) in [6, 6.07) is 0. The molecule has 0 aromatic carbocycles. The molecule has 1 fully saturated rings. The second kappa shape index (κ2) is 6.23. The van der Waals surface area contributed by atoms with Crippen molar-refractivity contribution in [2.24, 2.45) is 11.3 Å².